The molecular formula is C22H23FN2O4S. The van der Waals surface area contributed by atoms with E-state index in [9.17, 15) is 22.4 Å². The fraction of sp³-hybridized carbons (Fsp3) is 0.182. The average Bonchev–Trinajstić information content (AvgIpc) is 2.72. The van der Waals surface area contributed by atoms with E-state index < -0.39 is 33.6 Å². The number of sulfonamides is 1. The Balaban J connectivity index is 2.19. The highest BCUT2D eigenvalue weighted by atomic mass is 32.2. The Morgan fingerprint density at radius 2 is 1.77 bits per heavy atom. The lowest BCUT2D eigenvalue weighted by Gasteiger charge is -2.25. The van der Waals surface area contributed by atoms with Crippen molar-refractivity contribution in [3.63, 3.8) is 0 Å². The van der Waals surface area contributed by atoms with Crippen LogP contribution in [0.5, 0.6) is 0 Å². The summed E-state index contributed by atoms with van der Waals surface area (Å²) in [7, 11) is -4.11. The van der Waals surface area contributed by atoms with Gasteiger partial charge in [-0.3, -0.25) is 9.59 Å². The van der Waals surface area contributed by atoms with Gasteiger partial charge >= 0.3 is 0 Å². The molecule has 0 spiro atoms. The minimum absolute atomic E-state index is 0.0553. The largest absolute Gasteiger partial charge is 0.312 e. The predicted molar refractivity (Wildman–Crippen MR) is 115 cm³/mol. The standard InChI is InChI=1S/C22H23FN2O4S/c1-3-8-20(22(27)25(4-2)19-13-11-18(23)12-14-19)21(26)24-30(28,29)16-15-17-9-6-5-7-10-17/h3,5-7,9-16,20H,1,4,8H2,2H3,(H,24,26)/b16-15+. The SMILES string of the molecule is C=CCC(C(=O)NS(=O)(=O)/C=C/c1ccccc1)C(=O)N(CC)c1ccc(F)cc1. The normalized spacial score (nSPS) is 12.3. The van der Waals surface area contributed by atoms with Crippen molar-refractivity contribution >= 4 is 33.6 Å². The minimum atomic E-state index is -4.11. The van der Waals surface area contributed by atoms with E-state index in [0.717, 1.165) is 5.41 Å². The van der Waals surface area contributed by atoms with Gasteiger partial charge < -0.3 is 4.90 Å². The Hall–Kier alpha value is -3.26. The Morgan fingerprint density at radius 3 is 2.33 bits per heavy atom. The minimum Gasteiger partial charge on any atom is -0.312 e. The summed E-state index contributed by atoms with van der Waals surface area (Å²) in [4.78, 5) is 26.9. The molecule has 0 bridgehead atoms. The zero-order chi connectivity index (χ0) is 22.1. The molecule has 0 saturated heterocycles. The first-order valence-electron chi connectivity index (χ1n) is 9.25. The summed E-state index contributed by atoms with van der Waals surface area (Å²) >= 11 is 0. The average molecular weight is 431 g/mol. The van der Waals surface area contributed by atoms with Crippen LogP contribution in [0.2, 0.25) is 0 Å². The van der Waals surface area contributed by atoms with Gasteiger partial charge in [-0.25, -0.2) is 17.5 Å². The molecule has 0 aromatic heterocycles. The monoisotopic (exact) mass is 430 g/mol. The zero-order valence-electron chi connectivity index (χ0n) is 16.5. The van der Waals surface area contributed by atoms with E-state index in [1.54, 1.807) is 37.3 Å². The number of halogens is 1. The van der Waals surface area contributed by atoms with Crippen molar-refractivity contribution < 1.29 is 22.4 Å². The van der Waals surface area contributed by atoms with Gasteiger partial charge in [0.15, 0.2) is 0 Å². The van der Waals surface area contributed by atoms with Crippen LogP contribution in [0.25, 0.3) is 6.08 Å². The highest BCUT2D eigenvalue weighted by Crippen LogP contribution is 2.19. The zero-order valence-corrected chi connectivity index (χ0v) is 17.3. The van der Waals surface area contributed by atoms with Gasteiger partial charge in [-0.15, -0.1) is 6.58 Å². The first kappa shape index (κ1) is 23.0. The van der Waals surface area contributed by atoms with E-state index >= 15 is 0 Å². The molecule has 1 N–H and O–H groups in total. The molecular weight excluding hydrogens is 407 g/mol. The molecule has 0 aliphatic heterocycles. The molecule has 1 atom stereocenters. The number of hydrogen-bond acceptors (Lipinski definition) is 4. The highest BCUT2D eigenvalue weighted by Gasteiger charge is 2.31. The van der Waals surface area contributed by atoms with Crippen LogP contribution in [0.4, 0.5) is 10.1 Å². The van der Waals surface area contributed by atoms with Gasteiger partial charge in [0.2, 0.25) is 11.8 Å². The molecule has 0 fully saturated rings. The quantitative estimate of drug-likeness (QED) is 0.488. The Morgan fingerprint density at radius 1 is 1.13 bits per heavy atom. The van der Waals surface area contributed by atoms with Crippen LogP contribution in [0, 0.1) is 11.7 Å². The van der Waals surface area contributed by atoms with Gasteiger partial charge in [-0.05, 0) is 49.2 Å². The number of nitrogens with zero attached hydrogens (tertiary/aromatic N) is 1. The number of hydrogen-bond donors (Lipinski definition) is 1. The molecule has 2 aromatic rings. The second-order valence-corrected chi connectivity index (χ2v) is 7.93. The van der Waals surface area contributed by atoms with E-state index in [1.165, 1.54) is 41.3 Å². The van der Waals surface area contributed by atoms with E-state index in [-0.39, 0.29) is 13.0 Å². The number of rotatable bonds is 9. The maximum absolute atomic E-state index is 13.2. The van der Waals surface area contributed by atoms with E-state index in [1.807, 2.05) is 4.72 Å². The molecule has 158 valence electrons. The highest BCUT2D eigenvalue weighted by molar-refractivity contribution is 7.93. The number of carbonyl (C=O) groups excluding carboxylic acids is 2. The number of amides is 2. The Labute approximate surface area is 175 Å². The van der Waals surface area contributed by atoms with E-state index in [0.29, 0.717) is 11.3 Å². The van der Waals surface area contributed by atoms with E-state index in [4.69, 9.17) is 0 Å². The van der Waals surface area contributed by atoms with Gasteiger partial charge in [0.1, 0.15) is 11.7 Å². The van der Waals surface area contributed by atoms with Crippen molar-refractivity contribution in [2.45, 2.75) is 13.3 Å². The van der Waals surface area contributed by atoms with Crippen LogP contribution in [-0.2, 0) is 19.6 Å². The van der Waals surface area contributed by atoms with Crippen molar-refractivity contribution in [2.24, 2.45) is 5.92 Å². The first-order chi connectivity index (χ1) is 14.3. The van der Waals surface area contributed by atoms with Gasteiger partial charge in [-0.2, -0.15) is 0 Å². The maximum atomic E-state index is 13.2. The smallest absolute Gasteiger partial charge is 0.257 e. The predicted octanol–water partition coefficient (Wildman–Crippen LogP) is 3.49. The van der Waals surface area contributed by atoms with Crippen molar-refractivity contribution in [2.75, 3.05) is 11.4 Å². The van der Waals surface area contributed by atoms with Gasteiger partial charge in [0.05, 0.1) is 5.41 Å². The van der Waals surface area contributed by atoms with Crippen LogP contribution < -0.4 is 9.62 Å². The third-order valence-corrected chi connectivity index (χ3v) is 5.20. The molecule has 2 rings (SSSR count). The Kier molecular flexibility index (Phi) is 8.06. The van der Waals surface area contributed by atoms with Crippen molar-refractivity contribution in [3.8, 4) is 0 Å². The first-order valence-corrected chi connectivity index (χ1v) is 10.8. The second-order valence-electron chi connectivity index (χ2n) is 6.36. The third kappa shape index (κ3) is 6.38. The fourth-order valence-electron chi connectivity index (χ4n) is 2.74. The molecule has 30 heavy (non-hydrogen) atoms. The van der Waals surface area contributed by atoms with Crippen LogP contribution in [0.15, 0.2) is 72.7 Å². The van der Waals surface area contributed by atoms with Crippen molar-refractivity contribution in [1.29, 1.82) is 0 Å². The lowest BCUT2D eigenvalue weighted by atomic mass is 10.0. The summed E-state index contributed by atoms with van der Waals surface area (Å²) < 4.78 is 39.7. The van der Waals surface area contributed by atoms with Crippen molar-refractivity contribution in [3.05, 3.63) is 84.0 Å². The summed E-state index contributed by atoms with van der Waals surface area (Å²) in [5.74, 6) is -3.33. The molecule has 6 nitrogen and oxygen atoms in total. The second kappa shape index (κ2) is 10.5. The number of benzene rings is 2. The lowest BCUT2D eigenvalue weighted by molar-refractivity contribution is -0.132. The van der Waals surface area contributed by atoms with Crippen LogP contribution >= 0.6 is 0 Å². The summed E-state index contributed by atoms with van der Waals surface area (Å²) in [5.41, 5.74) is 1.04. The number of allylic oxidation sites excluding steroid dienone is 1. The molecule has 0 aliphatic rings. The van der Waals surface area contributed by atoms with Crippen molar-refractivity contribution in [1.82, 2.24) is 4.72 Å². The molecule has 0 radical (unpaired) electrons. The lowest BCUT2D eigenvalue weighted by Crippen LogP contribution is -2.45. The molecule has 0 saturated carbocycles. The molecule has 2 amide bonds. The van der Waals surface area contributed by atoms with E-state index in [2.05, 4.69) is 6.58 Å². The van der Waals surface area contributed by atoms with Gasteiger partial charge in [0, 0.05) is 12.2 Å². The summed E-state index contributed by atoms with van der Waals surface area (Å²) in [6, 6.07) is 13.9. The van der Waals surface area contributed by atoms with Gasteiger partial charge in [-0.1, -0.05) is 36.4 Å². The van der Waals surface area contributed by atoms with Crippen LogP contribution in [-0.4, -0.2) is 26.8 Å². The summed E-state index contributed by atoms with van der Waals surface area (Å²) in [6.45, 7) is 5.46. The molecule has 0 heterocycles. The topological polar surface area (TPSA) is 83.5 Å². The third-order valence-electron chi connectivity index (χ3n) is 4.22. The maximum Gasteiger partial charge on any atom is 0.257 e. The summed E-state index contributed by atoms with van der Waals surface area (Å²) in [5, 5.41) is 0.868. The van der Waals surface area contributed by atoms with Crippen LogP contribution in [0.3, 0.4) is 0 Å². The number of anilines is 1. The fourth-order valence-corrected chi connectivity index (χ4v) is 3.57. The van der Waals surface area contributed by atoms with Crippen LogP contribution in [0.1, 0.15) is 18.9 Å². The molecule has 1 unspecified atom stereocenters. The molecule has 2 aromatic carbocycles. The summed E-state index contributed by atoms with van der Waals surface area (Å²) in [6.07, 6.45) is 2.66. The molecule has 0 aliphatic carbocycles. The molecule has 8 heteroatoms. The van der Waals surface area contributed by atoms with Gasteiger partial charge in [0.25, 0.3) is 10.0 Å². The Bertz CT molecular complexity index is 1020. The number of nitrogens with one attached hydrogen (secondary N) is 1. The number of carbonyl (C=O) groups is 2.